The van der Waals surface area contributed by atoms with Gasteiger partial charge in [-0.1, -0.05) is 17.7 Å². The molecular formula is C14H5ClF4N2. The van der Waals surface area contributed by atoms with Crippen LogP contribution in [0.4, 0.5) is 17.6 Å². The van der Waals surface area contributed by atoms with Crippen molar-refractivity contribution < 1.29 is 17.6 Å². The number of rotatable bonds is 1. The summed E-state index contributed by atoms with van der Waals surface area (Å²) >= 11 is 5.83. The predicted octanol–water partition coefficient (Wildman–Crippen LogP) is 4.51. The number of halogens is 5. The fourth-order valence-electron chi connectivity index (χ4n) is 1.94. The van der Waals surface area contributed by atoms with E-state index in [1.165, 1.54) is 6.07 Å². The van der Waals surface area contributed by atoms with Gasteiger partial charge >= 0.3 is 0 Å². The topological polar surface area (TPSA) is 25.8 Å². The van der Waals surface area contributed by atoms with Crippen molar-refractivity contribution in [2.75, 3.05) is 0 Å². The molecule has 3 rings (SSSR count). The Balaban J connectivity index is 2.36. The molecule has 0 fully saturated rings. The van der Waals surface area contributed by atoms with Gasteiger partial charge in [0.25, 0.3) is 0 Å². The van der Waals surface area contributed by atoms with E-state index < -0.39 is 34.7 Å². The molecular weight excluding hydrogens is 308 g/mol. The Morgan fingerprint density at radius 2 is 1.52 bits per heavy atom. The Bertz CT molecular complexity index is 847. The van der Waals surface area contributed by atoms with E-state index in [4.69, 9.17) is 11.6 Å². The van der Waals surface area contributed by atoms with Crippen molar-refractivity contribution >= 4 is 22.5 Å². The van der Waals surface area contributed by atoms with Crippen LogP contribution in [0.2, 0.25) is 5.15 Å². The number of hydrogen-bond donors (Lipinski definition) is 0. The van der Waals surface area contributed by atoms with Gasteiger partial charge in [-0.2, -0.15) is 0 Å². The minimum Gasteiger partial charge on any atom is -0.225 e. The summed E-state index contributed by atoms with van der Waals surface area (Å²) in [7, 11) is 0. The zero-order valence-electron chi connectivity index (χ0n) is 10.2. The maximum absolute atomic E-state index is 13.7. The number of fused-ring (bicyclic) bond motifs is 1. The van der Waals surface area contributed by atoms with Crippen molar-refractivity contribution in [3.05, 3.63) is 58.8 Å². The average molecular weight is 313 g/mol. The Morgan fingerprint density at radius 3 is 2.19 bits per heavy atom. The minimum atomic E-state index is -0.993. The fraction of sp³-hybridized carbons (Fsp3) is 0. The molecule has 0 aliphatic carbocycles. The zero-order chi connectivity index (χ0) is 15.1. The molecule has 21 heavy (non-hydrogen) atoms. The first-order chi connectivity index (χ1) is 9.97. The monoisotopic (exact) mass is 312 g/mol. The molecule has 0 saturated heterocycles. The van der Waals surface area contributed by atoms with E-state index in [-0.39, 0.29) is 16.1 Å². The molecule has 3 aromatic rings. The highest BCUT2D eigenvalue weighted by atomic mass is 35.5. The first-order valence-corrected chi connectivity index (χ1v) is 6.12. The van der Waals surface area contributed by atoms with E-state index in [1.807, 2.05) is 0 Å². The van der Waals surface area contributed by atoms with Gasteiger partial charge < -0.3 is 0 Å². The quantitative estimate of drug-likeness (QED) is 0.488. The highest BCUT2D eigenvalue weighted by Gasteiger charge is 2.18. The lowest BCUT2D eigenvalue weighted by molar-refractivity contribution is 0.585. The first kappa shape index (κ1) is 13.8. The average Bonchev–Trinajstić information content (AvgIpc) is 2.40. The van der Waals surface area contributed by atoms with Gasteiger partial charge in [-0.25, -0.2) is 27.5 Å². The molecule has 106 valence electrons. The van der Waals surface area contributed by atoms with Crippen molar-refractivity contribution in [2.45, 2.75) is 0 Å². The van der Waals surface area contributed by atoms with Gasteiger partial charge in [0.05, 0.1) is 5.56 Å². The zero-order valence-corrected chi connectivity index (χ0v) is 10.9. The van der Waals surface area contributed by atoms with E-state index in [9.17, 15) is 17.6 Å². The van der Waals surface area contributed by atoms with Crippen LogP contribution in [0, 0.1) is 23.3 Å². The fourth-order valence-corrected chi connectivity index (χ4v) is 2.17. The molecule has 0 atom stereocenters. The molecule has 1 heterocycles. The third-order valence-corrected chi connectivity index (χ3v) is 3.15. The molecule has 1 aromatic heterocycles. The summed E-state index contributed by atoms with van der Waals surface area (Å²) in [5.74, 6) is -4.07. The molecule has 0 aliphatic rings. The molecule has 0 unspecified atom stereocenters. The molecule has 2 nitrogen and oxygen atoms in total. The van der Waals surface area contributed by atoms with Crippen molar-refractivity contribution in [2.24, 2.45) is 0 Å². The molecule has 0 spiro atoms. The van der Waals surface area contributed by atoms with Gasteiger partial charge in [-0.05, 0) is 18.2 Å². The maximum atomic E-state index is 13.7. The number of aromatic nitrogens is 2. The van der Waals surface area contributed by atoms with E-state index in [0.717, 1.165) is 18.2 Å². The van der Waals surface area contributed by atoms with Crippen molar-refractivity contribution in [1.82, 2.24) is 9.97 Å². The predicted molar refractivity (Wildman–Crippen MR) is 69.8 cm³/mol. The van der Waals surface area contributed by atoms with E-state index in [1.54, 1.807) is 0 Å². The molecule has 0 aliphatic heterocycles. The summed E-state index contributed by atoms with van der Waals surface area (Å²) in [5.41, 5.74) is -0.834. The Labute approximate surface area is 121 Å². The second kappa shape index (κ2) is 4.96. The summed E-state index contributed by atoms with van der Waals surface area (Å²) in [4.78, 5) is 7.47. The molecule has 0 radical (unpaired) electrons. The van der Waals surface area contributed by atoms with Crippen molar-refractivity contribution in [3.63, 3.8) is 0 Å². The van der Waals surface area contributed by atoms with E-state index in [0.29, 0.717) is 6.07 Å². The Hall–Kier alpha value is -2.21. The standard InChI is InChI=1S/C14H5ClF4N2/c15-13-7-4-6(16)5-10(19)12(7)20-14(21-13)11-8(17)2-1-3-9(11)18/h1-5H. The van der Waals surface area contributed by atoms with Gasteiger partial charge in [0.1, 0.15) is 28.1 Å². The number of benzene rings is 2. The van der Waals surface area contributed by atoms with Crippen LogP contribution in [0.15, 0.2) is 30.3 Å². The first-order valence-electron chi connectivity index (χ1n) is 5.74. The van der Waals surface area contributed by atoms with Gasteiger partial charge in [0.2, 0.25) is 0 Å². The van der Waals surface area contributed by atoms with Crippen LogP contribution < -0.4 is 0 Å². The van der Waals surface area contributed by atoms with Crippen LogP contribution >= 0.6 is 11.6 Å². The van der Waals surface area contributed by atoms with Crippen LogP contribution in [0.5, 0.6) is 0 Å². The summed E-state index contributed by atoms with van der Waals surface area (Å²) < 4.78 is 54.3. The van der Waals surface area contributed by atoms with Gasteiger partial charge in [-0.15, -0.1) is 0 Å². The highest BCUT2D eigenvalue weighted by Crippen LogP contribution is 2.29. The molecule has 0 N–H and O–H groups in total. The van der Waals surface area contributed by atoms with Crippen LogP contribution in [0.1, 0.15) is 0 Å². The van der Waals surface area contributed by atoms with Crippen LogP contribution in [-0.4, -0.2) is 9.97 Å². The smallest absolute Gasteiger partial charge is 0.167 e. The minimum absolute atomic E-state index is 0.0744. The normalized spacial score (nSPS) is 11.1. The van der Waals surface area contributed by atoms with Crippen LogP contribution in [0.25, 0.3) is 22.3 Å². The lowest BCUT2D eigenvalue weighted by atomic mass is 10.1. The molecule has 0 saturated carbocycles. The number of hydrogen-bond acceptors (Lipinski definition) is 2. The second-order valence-corrected chi connectivity index (χ2v) is 4.58. The molecule has 7 heteroatoms. The lowest BCUT2D eigenvalue weighted by Crippen LogP contribution is -1.99. The summed E-state index contributed by atoms with van der Waals surface area (Å²) in [6, 6.07) is 4.75. The van der Waals surface area contributed by atoms with Crippen molar-refractivity contribution in [3.8, 4) is 11.4 Å². The summed E-state index contributed by atoms with van der Waals surface area (Å²) in [6.45, 7) is 0. The van der Waals surface area contributed by atoms with Gasteiger partial charge in [-0.3, -0.25) is 0 Å². The van der Waals surface area contributed by atoms with E-state index in [2.05, 4.69) is 9.97 Å². The van der Waals surface area contributed by atoms with Crippen LogP contribution in [0.3, 0.4) is 0 Å². The van der Waals surface area contributed by atoms with Crippen molar-refractivity contribution in [1.29, 1.82) is 0 Å². The Morgan fingerprint density at radius 1 is 0.857 bits per heavy atom. The van der Waals surface area contributed by atoms with Gasteiger partial charge in [0.15, 0.2) is 11.6 Å². The van der Waals surface area contributed by atoms with Gasteiger partial charge in [0, 0.05) is 11.5 Å². The highest BCUT2D eigenvalue weighted by molar-refractivity contribution is 6.34. The maximum Gasteiger partial charge on any atom is 0.167 e. The van der Waals surface area contributed by atoms with E-state index >= 15 is 0 Å². The largest absolute Gasteiger partial charge is 0.225 e. The number of nitrogens with zero attached hydrogens (tertiary/aromatic N) is 2. The summed E-state index contributed by atoms with van der Waals surface area (Å²) in [6.07, 6.45) is 0. The van der Waals surface area contributed by atoms with Crippen LogP contribution in [-0.2, 0) is 0 Å². The molecule has 2 aromatic carbocycles. The molecule has 0 bridgehead atoms. The SMILES string of the molecule is Fc1cc(F)c2nc(-c3c(F)cccc3F)nc(Cl)c2c1. The summed E-state index contributed by atoms with van der Waals surface area (Å²) in [5, 5.41) is -0.370. The third kappa shape index (κ3) is 2.31. The second-order valence-electron chi connectivity index (χ2n) is 4.22. The third-order valence-electron chi connectivity index (χ3n) is 2.86. The Kier molecular flexibility index (Phi) is 3.25. The molecule has 0 amide bonds. The lowest BCUT2D eigenvalue weighted by Gasteiger charge is -2.07.